The number of nitrogens with one attached hydrogen (secondary N) is 1. The van der Waals surface area contributed by atoms with Crippen LogP contribution in [0.15, 0.2) is 35.3 Å². The fourth-order valence-electron chi connectivity index (χ4n) is 2.98. The molecule has 0 bridgehead atoms. The standard InChI is InChI=1S/C18H23N3O2S/c1-23-17-8-16(10-19-11-17)18(22)20-9-14-2-5-21(6-3-14)12-15-4-7-24-13-15/h4,7-8,10-11,13-14H,2-3,5-6,9,12H2,1H3,(H,20,22). The molecule has 1 aliphatic rings. The average Bonchev–Trinajstić information content (AvgIpc) is 3.14. The Bertz CT molecular complexity index is 652. The zero-order valence-corrected chi connectivity index (χ0v) is 14.7. The molecular weight excluding hydrogens is 322 g/mol. The first kappa shape index (κ1) is 16.9. The smallest absolute Gasteiger partial charge is 0.252 e. The summed E-state index contributed by atoms with van der Waals surface area (Å²) in [4.78, 5) is 18.7. The zero-order valence-electron chi connectivity index (χ0n) is 13.9. The van der Waals surface area contributed by atoms with Crippen LogP contribution >= 0.6 is 11.3 Å². The third-order valence-corrected chi connectivity index (χ3v) is 5.19. The molecule has 1 fully saturated rings. The quantitative estimate of drug-likeness (QED) is 0.875. The maximum absolute atomic E-state index is 12.2. The number of rotatable bonds is 6. The van der Waals surface area contributed by atoms with E-state index in [9.17, 15) is 4.79 Å². The van der Waals surface area contributed by atoms with Gasteiger partial charge in [0, 0.05) is 19.3 Å². The Balaban J connectivity index is 1.42. The Labute approximate surface area is 146 Å². The highest BCUT2D eigenvalue weighted by molar-refractivity contribution is 7.07. The lowest BCUT2D eigenvalue weighted by molar-refractivity contribution is 0.0934. The maximum atomic E-state index is 12.2. The van der Waals surface area contributed by atoms with E-state index in [1.807, 2.05) is 0 Å². The summed E-state index contributed by atoms with van der Waals surface area (Å²) in [6.45, 7) is 3.95. The molecule has 0 aliphatic carbocycles. The number of piperidine rings is 1. The summed E-state index contributed by atoms with van der Waals surface area (Å²) in [6.07, 6.45) is 5.42. The van der Waals surface area contributed by atoms with Crippen molar-refractivity contribution in [2.24, 2.45) is 5.92 Å². The van der Waals surface area contributed by atoms with Crippen molar-refractivity contribution < 1.29 is 9.53 Å². The first-order chi connectivity index (χ1) is 11.7. The molecule has 24 heavy (non-hydrogen) atoms. The van der Waals surface area contributed by atoms with Gasteiger partial charge in [0.2, 0.25) is 0 Å². The summed E-state index contributed by atoms with van der Waals surface area (Å²) in [7, 11) is 1.57. The first-order valence-electron chi connectivity index (χ1n) is 8.25. The number of thiophene rings is 1. The van der Waals surface area contributed by atoms with Gasteiger partial charge in [-0.3, -0.25) is 14.7 Å². The van der Waals surface area contributed by atoms with Crippen molar-refractivity contribution in [3.63, 3.8) is 0 Å². The summed E-state index contributed by atoms with van der Waals surface area (Å²) < 4.78 is 5.11. The van der Waals surface area contributed by atoms with Gasteiger partial charge in [-0.05, 0) is 60.3 Å². The topological polar surface area (TPSA) is 54.5 Å². The molecule has 3 rings (SSSR count). The maximum Gasteiger partial charge on any atom is 0.252 e. The van der Waals surface area contributed by atoms with Crippen molar-refractivity contribution >= 4 is 17.2 Å². The van der Waals surface area contributed by atoms with E-state index in [0.29, 0.717) is 17.2 Å². The molecule has 1 N–H and O–H groups in total. The number of methoxy groups -OCH3 is 1. The first-order valence-corrected chi connectivity index (χ1v) is 9.19. The highest BCUT2D eigenvalue weighted by Gasteiger charge is 2.20. The Hall–Kier alpha value is -1.92. The molecular formula is C18H23N3O2S. The predicted octanol–water partition coefficient (Wildman–Crippen LogP) is 2.79. The normalized spacial score (nSPS) is 16.0. The summed E-state index contributed by atoms with van der Waals surface area (Å²) in [5, 5.41) is 7.38. The van der Waals surface area contributed by atoms with E-state index in [-0.39, 0.29) is 5.91 Å². The average molecular weight is 345 g/mol. The Kier molecular flexibility index (Phi) is 5.82. The van der Waals surface area contributed by atoms with Crippen molar-refractivity contribution in [3.05, 3.63) is 46.4 Å². The number of carbonyl (C=O) groups excluding carboxylic acids is 1. The molecule has 0 radical (unpaired) electrons. The number of carbonyl (C=O) groups is 1. The third-order valence-electron chi connectivity index (χ3n) is 4.46. The molecule has 0 saturated carbocycles. The van der Waals surface area contributed by atoms with Crippen LogP contribution in [0.1, 0.15) is 28.8 Å². The summed E-state index contributed by atoms with van der Waals surface area (Å²) >= 11 is 1.75. The van der Waals surface area contributed by atoms with E-state index in [1.54, 1.807) is 36.9 Å². The largest absolute Gasteiger partial charge is 0.495 e. The van der Waals surface area contributed by atoms with Crippen LogP contribution in [0.25, 0.3) is 0 Å². The summed E-state index contributed by atoms with van der Waals surface area (Å²) in [6, 6.07) is 3.91. The van der Waals surface area contributed by atoms with Gasteiger partial charge in [0.25, 0.3) is 5.91 Å². The van der Waals surface area contributed by atoms with Crippen molar-refractivity contribution in [1.29, 1.82) is 0 Å². The Morgan fingerprint density at radius 2 is 2.25 bits per heavy atom. The van der Waals surface area contributed by atoms with Gasteiger partial charge in [-0.1, -0.05) is 0 Å². The van der Waals surface area contributed by atoms with Crippen LogP contribution in [-0.2, 0) is 6.54 Å². The van der Waals surface area contributed by atoms with Crippen LogP contribution in [0.4, 0.5) is 0 Å². The van der Waals surface area contributed by atoms with E-state index in [2.05, 4.69) is 32.0 Å². The minimum Gasteiger partial charge on any atom is -0.495 e. The molecule has 1 aliphatic heterocycles. The van der Waals surface area contributed by atoms with Crippen molar-refractivity contribution in [1.82, 2.24) is 15.2 Å². The van der Waals surface area contributed by atoms with Crippen LogP contribution in [0.2, 0.25) is 0 Å². The lowest BCUT2D eigenvalue weighted by Gasteiger charge is -2.31. The summed E-state index contributed by atoms with van der Waals surface area (Å²) in [5.74, 6) is 1.07. The molecule has 6 heteroatoms. The van der Waals surface area contributed by atoms with Gasteiger partial charge >= 0.3 is 0 Å². The molecule has 0 unspecified atom stereocenters. The number of hydrogen-bond acceptors (Lipinski definition) is 5. The SMILES string of the molecule is COc1cncc(C(=O)NCC2CCN(Cc3ccsc3)CC2)c1. The second-order valence-corrected chi connectivity index (χ2v) is 6.95. The van der Waals surface area contributed by atoms with E-state index < -0.39 is 0 Å². The van der Waals surface area contributed by atoms with Crippen LogP contribution in [0.3, 0.4) is 0 Å². The second kappa shape index (κ2) is 8.26. The fourth-order valence-corrected chi connectivity index (χ4v) is 3.64. The molecule has 5 nitrogen and oxygen atoms in total. The van der Waals surface area contributed by atoms with E-state index >= 15 is 0 Å². The zero-order chi connectivity index (χ0) is 16.8. The predicted molar refractivity (Wildman–Crippen MR) is 95.4 cm³/mol. The van der Waals surface area contributed by atoms with Crippen LogP contribution in [-0.4, -0.2) is 42.5 Å². The number of ether oxygens (including phenoxy) is 1. The number of nitrogens with zero attached hydrogens (tertiary/aromatic N) is 2. The van der Waals surface area contributed by atoms with Gasteiger partial charge in [0.05, 0.1) is 18.9 Å². The van der Waals surface area contributed by atoms with Gasteiger partial charge in [0.1, 0.15) is 5.75 Å². The van der Waals surface area contributed by atoms with E-state index in [0.717, 1.165) is 39.0 Å². The minimum absolute atomic E-state index is 0.0814. The van der Waals surface area contributed by atoms with Crippen molar-refractivity contribution in [2.45, 2.75) is 19.4 Å². The third kappa shape index (κ3) is 4.55. The minimum atomic E-state index is -0.0814. The number of likely N-dealkylation sites (tertiary alicyclic amines) is 1. The molecule has 128 valence electrons. The molecule has 0 spiro atoms. The highest BCUT2D eigenvalue weighted by atomic mass is 32.1. The van der Waals surface area contributed by atoms with E-state index in [1.165, 1.54) is 5.56 Å². The number of pyridine rings is 1. The number of amides is 1. The molecule has 3 heterocycles. The molecule has 2 aromatic heterocycles. The van der Waals surface area contributed by atoms with Gasteiger partial charge in [-0.15, -0.1) is 0 Å². The Morgan fingerprint density at radius 3 is 2.96 bits per heavy atom. The lowest BCUT2D eigenvalue weighted by atomic mass is 9.96. The highest BCUT2D eigenvalue weighted by Crippen LogP contribution is 2.19. The van der Waals surface area contributed by atoms with E-state index in [4.69, 9.17) is 4.74 Å². The van der Waals surface area contributed by atoms with Crippen LogP contribution in [0, 0.1) is 5.92 Å². The van der Waals surface area contributed by atoms with Crippen LogP contribution in [0.5, 0.6) is 5.75 Å². The van der Waals surface area contributed by atoms with Gasteiger partial charge in [-0.2, -0.15) is 11.3 Å². The van der Waals surface area contributed by atoms with Crippen molar-refractivity contribution in [3.8, 4) is 5.75 Å². The molecule has 1 amide bonds. The second-order valence-electron chi connectivity index (χ2n) is 6.17. The Morgan fingerprint density at radius 1 is 1.42 bits per heavy atom. The van der Waals surface area contributed by atoms with Crippen LogP contribution < -0.4 is 10.1 Å². The van der Waals surface area contributed by atoms with Gasteiger partial charge < -0.3 is 10.1 Å². The summed E-state index contributed by atoms with van der Waals surface area (Å²) in [5.41, 5.74) is 1.95. The molecule has 2 aromatic rings. The molecule has 1 saturated heterocycles. The van der Waals surface area contributed by atoms with Gasteiger partial charge in [-0.25, -0.2) is 0 Å². The molecule has 0 aromatic carbocycles. The molecule has 0 atom stereocenters. The monoisotopic (exact) mass is 345 g/mol. The lowest BCUT2D eigenvalue weighted by Crippen LogP contribution is -2.38. The number of hydrogen-bond donors (Lipinski definition) is 1. The van der Waals surface area contributed by atoms with Crippen molar-refractivity contribution in [2.75, 3.05) is 26.7 Å². The van der Waals surface area contributed by atoms with Gasteiger partial charge in [0.15, 0.2) is 0 Å². The fraction of sp³-hybridized carbons (Fsp3) is 0.444. The number of aromatic nitrogens is 1.